The second-order valence-electron chi connectivity index (χ2n) is 8.05. The predicted octanol–water partition coefficient (Wildman–Crippen LogP) is 5.70. The predicted molar refractivity (Wildman–Crippen MR) is 118 cm³/mol. The number of nitrogens with zero attached hydrogens (tertiary/aromatic N) is 1. The van der Waals surface area contributed by atoms with Crippen molar-refractivity contribution >= 4 is 34.4 Å². The van der Waals surface area contributed by atoms with Gasteiger partial charge in [0.05, 0.1) is 0 Å². The maximum Gasteiger partial charge on any atom is 0.123 e. The van der Waals surface area contributed by atoms with E-state index in [0.29, 0.717) is 20.3 Å². The molecule has 0 spiro atoms. The van der Waals surface area contributed by atoms with Gasteiger partial charge in [-0.25, -0.2) is 4.39 Å². The van der Waals surface area contributed by atoms with Crippen LogP contribution in [-0.2, 0) is 0 Å². The maximum absolute atomic E-state index is 13.1. The van der Waals surface area contributed by atoms with Crippen LogP contribution in [0.15, 0.2) is 53.4 Å². The van der Waals surface area contributed by atoms with Gasteiger partial charge in [-0.1, -0.05) is 41.6 Å². The van der Waals surface area contributed by atoms with Gasteiger partial charge in [-0.2, -0.15) is 0 Å². The van der Waals surface area contributed by atoms with Crippen molar-refractivity contribution in [3.8, 4) is 5.75 Å². The van der Waals surface area contributed by atoms with Gasteiger partial charge in [-0.3, -0.25) is 0 Å². The molecule has 5 heteroatoms. The van der Waals surface area contributed by atoms with Crippen molar-refractivity contribution in [2.45, 2.75) is 39.3 Å². The minimum atomic E-state index is -0.161. The summed E-state index contributed by atoms with van der Waals surface area (Å²) in [4.78, 5) is 3.80. The van der Waals surface area contributed by atoms with Gasteiger partial charge in [0.2, 0.25) is 0 Å². The van der Waals surface area contributed by atoms with Gasteiger partial charge in [-0.05, 0) is 66.6 Å². The largest absolute Gasteiger partial charge is 0.508 e. The molecule has 1 saturated heterocycles. The van der Waals surface area contributed by atoms with Crippen molar-refractivity contribution in [3.63, 3.8) is 0 Å². The van der Waals surface area contributed by atoms with Crippen LogP contribution in [0.5, 0.6) is 5.75 Å². The van der Waals surface area contributed by atoms with Crippen molar-refractivity contribution in [3.05, 3.63) is 59.9 Å². The summed E-state index contributed by atoms with van der Waals surface area (Å²) in [5.74, 6) is 1.38. The second kappa shape index (κ2) is 7.91. The average molecular weight is 497 g/mol. The van der Waals surface area contributed by atoms with Crippen LogP contribution < -0.4 is 0 Å². The lowest BCUT2D eigenvalue weighted by Gasteiger charge is -2.25. The Labute approximate surface area is 178 Å². The SMILES string of the molecule is CC(CN1C[C@@H]2C[C@@H](Sc3ccc(F)cc3)C[C@]2(I)C1)c1ccc(O)cc1. The van der Waals surface area contributed by atoms with E-state index < -0.39 is 0 Å². The topological polar surface area (TPSA) is 23.5 Å². The lowest BCUT2D eigenvalue weighted by molar-refractivity contribution is 0.299. The summed E-state index contributed by atoms with van der Waals surface area (Å²) >= 11 is 4.63. The molecule has 1 saturated carbocycles. The molecule has 2 nitrogen and oxygen atoms in total. The van der Waals surface area contributed by atoms with E-state index in [9.17, 15) is 9.50 Å². The fraction of sp³-hybridized carbons (Fsp3) is 0.455. The molecule has 1 unspecified atom stereocenters. The number of aromatic hydroxyl groups is 1. The fourth-order valence-corrected chi connectivity index (χ4v) is 7.72. The van der Waals surface area contributed by atoms with Crippen LogP contribution in [0.3, 0.4) is 0 Å². The number of rotatable bonds is 5. The number of alkyl halides is 1. The number of hydrogen-bond donors (Lipinski definition) is 1. The molecule has 0 amide bonds. The number of phenols is 1. The Bertz CT molecular complexity index is 784. The summed E-state index contributed by atoms with van der Waals surface area (Å²) in [6.07, 6.45) is 2.47. The molecule has 2 fully saturated rings. The summed E-state index contributed by atoms with van der Waals surface area (Å²) in [6, 6.07) is 14.6. The molecule has 0 aromatic heterocycles. The van der Waals surface area contributed by atoms with Crippen LogP contribution in [0, 0.1) is 11.7 Å². The molecule has 1 N–H and O–H groups in total. The summed E-state index contributed by atoms with van der Waals surface area (Å²) in [7, 11) is 0. The number of fused-ring (bicyclic) bond motifs is 1. The van der Waals surface area contributed by atoms with Crippen molar-refractivity contribution in [1.29, 1.82) is 0 Å². The van der Waals surface area contributed by atoms with E-state index in [1.54, 1.807) is 24.3 Å². The Hall–Kier alpha value is -0.790. The van der Waals surface area contributed by atoms with E-state index in [4.69, 9.17) is 0 Å². The highest BCUT2D eigenvalue weighted by Gasteiger charge is 2.51. The Morgan fingerprint density at radius 1 is 1.22 bits per heavy atom. The van der Waals surface area contributed by atoms with Crippen LogP contribution in [0.1, 0.15) is 31.2 Å². The number of thioether (sulfide) groups is 1. The van der Waals surface area contributed by atoms with E-state index in [0.717, 1.165) is 19.0 Å². The van der Waals surface area contributed by atoms with Gasteiger partial charge in [0.1, 0.15) is 11.6 Å². The minimum absolute atomic E-state index is 0.161. The van der Waals surface area contributed by atoms with Crippen LogP contribution in [0.4, 0.5) is 4.39 Å². The van der Waals surface area contributed by atoms with Gasteiger partial charge < -0.3 is 10.0 Å². The van der Waals surface area contributed by atoms with Crippen molar-refractivity contribution in [2.75, 3.05) is 19.6 Å². The average Bonchev–Trinajstić information content (AvgIpc) is 3.07. The molecule has 1 aliphatic heterocycles. The number of halogens is 2. The number of phenolic OH excluding ortho intramolecular Hbond substituents is 1. The second-order valence-corrected chi connectivity index (χ2v) is 11.6. The molecule has 27 heavy (non-hydrogen) atoms. The van der Waals surface area contributed by atoms with Gasteiger partial charge >= 0.3 is 0 Å². The Kier molecular flexibility index (Phi) is 5.72. The highest BCUT2D eigenvalue weighted by atomic mass is 127. The molecular formula is C22H25FINOS. The Morgan fingerprint density at radius 3 is 2.59 bits per heavy atom. The quantitative estimate of drug-likeness (QED) is 0.424. The summed E-state index contributed by atoms with van der Waals surface area (Å²) in [5, 5.41) is 10.1. The summed E-state index contributed by atoms with van der Waals surface area (Å²) in [5.41, 5.74) is 1.29. The Balaban J connectivity index is 1.33. The van der Waals surface area contributed by atoms with Crippen molar-refractivity contribution < 1.29 is 9.50 Å². The molecule has 2 aromatic carbocycles. The first kappa shape index (κ1) is 19.5. The van der Waals surface area contributed by atoms with E-state index in [1.165, 1.54) is 29.8 Å². The molecule has 4 rings (SSSR count). The minimum Gasteiger partial charge on any atom is -0.508 e. The number of likely N-dealkylation sites (tertiary alicyclic amines) is 1. The first-order valence-electron chi connectivity index (χ1n) is 9.54. The van der Waals surface area contributed by atoms with Gasteiger partial charge in [0.15, 0.2) is 0 Å². The first-order valence-corrected chi connectivity index (χ1v) is 11.5. The lowest BCUT2D eigenvalue weighted by atomic mass is 10.0. The third-order valence-electron chi connectivity index (χ3n) is 5.92. The van der Waals surface area contributed by atoms with Gasteiger partial charge in [0, 0.05) is 33.2 Å². The molecule has 2 aromatic rings. The molecule has 0 bridgehead atoms. The zero-order valence-electron chi connectivity index (χ0n) is 15.4. The van der Waals surface area contributed by atoms with E-state index in [1.807, 2.05) is 36.0 Å². The van der Waals surface area contributed by atoms with Crippen molar-refractivity contribution in [2.24, 2.45) is 5.92 Å². The maximum atomic E-state index is 13.1. The summed E-state index contributed by atoms with van der Waals surface area (Å²) < 4.78 is 13.5. The van der Waals surface area contributed by atoms with Gasteiger partial charge in [0.25, 0.3) is 0 Å². The molecule has 2 aliphatic rings. The van der Waals surface area contributed by atoms with Gasteiger partial charge in [-0.15, -0.1) is 11.8 Å². The van der Waals surface area contributed by atoms with Crippen molar-refractivity contribution in [1.82, 2.24) is 4.90 Å². The highest BCUT2D eigenvalue weighted by Crippen LogP contribution is 2.52. The Morgan fingerprint density at radius 2 is 1.93 bits per heavy atom. The third-order valence-corrected chi connectivity index (χ3v) is 8.82. The molecule has 1 heterocycles. The molecule has 1 aliphatic carbocycles. The molecular weight excluding hydrogens is 472 g/mol. The smallest absolute Gasteiger partial charge is 0.123 e. The lowest BCUT2D eigenvalue weighted by Crippen LogP contribution is -2.30. The van der Waals surface area contributed by atoms with Crippen LogP contribution in [0.25, 0.3) is 0 Å². The standard InChI is InChI=1S/C22H25FINOS/c1-15(16-2-6-19(26)7-3-16)12-25-13-17-10-21(11-22(17,24)14-25)27-20-8-4-18(23)5-9-20/h2-9,15,17,21,26H,10-14H2,1H3/t15?,17-,21+,22-/m0/s1. The van der Waals surface area contributed by atoms with E-state index >= 15 is 0 Å². The number of hydrogen-bond acceptors (Lipinski definition) is 3. The highest BCUT2D eigenvalue weighted by molar-refractivity contribution is 14.1. The van der Waals surface area contributed by atoms with Crippen LogP contribution >= 0.6 is 34.4 Å². The monoisotopic (exact) mass is 497 g/mol. The third kappa shape index (κ3) is 4.46. The number of benzene rings is 2. The molecule has 0 radical (unpaired) electrons. The molecule has 144 valence electrons. The normalized spacial score (nSPS) is 29.0. The van der Waals surface area contributed by atoms with E-state index in [2.05, 4.69) is 34.4 Å². The van der Waals surface area contributed by atoms with Crippen LogP contribution in [0.2, 0.25) is 0 Å². The zero-order valence-corrected chi connectivity index (χ0v) is 18.4. The summed E-state index contributed by atoms with van der Waals surface area (Å²) in [6.45, 7) is 5.67. The molecule has 4 atom stereocenters. The zero-order chi connectivity index (χ0) is 19.0. The van der Waals surface area contributed by atoms with E-state index in [-0.39, 0.29) is 5.82 Å². The van der Waals surface area contributed by atoms with Crippen LogP contribution in [-0.4, -0.2) is 38.3 Å². The first-order chi connectivity index (χ1) is 12.9. The fourth-order valence-electron chi connectivity index (χ4n) is 4.57.